The molecule has 2 saturated carbocycles. The molecule has 2 unspecified atom stereocenters. The standard InChI is InChI=1S/C12H20O/c1-9(13)11-8-4-6-10-5-2-3-7-12(10)11/h10-12H,2-8H2,1H3/t10?,11-,12?/m0/s1. The molecular weight excluding hydrogens is 160 g/mol. The highest BCUT2D eigenvalue weighted by Crippen LogP contribution is 2.43. The molecule has 0 spiro atoms. The highest BCUT2D eigenvalue weighted by molar-refractivity contribution is 5.78. The Morgan fingerprint density at radius 1 is 1.00 bits per heavy atom. The maximum atomic E-state index is 11.5. The van der Waals surface area contributed by atoms with Gasteiger partial charge >= 0.3 is 0 Å². The molecule has 0 aliphatic heterocycles. The quantitative estimate of drug-likeness (QED) is 0.605. The molecule has 2 aliphatic rings. The summed E-state index contributed by atoms with van der Waals surface area (Å²) in [6.07, 6.45) is 9.37. The van der Waals surface area contributed by atoms with E-state index in [1.165, 1.54) is 44.9 Å². The van der Waals surface area contributed by atoms with Crippen molar-refractivity contribution in [3.05, 3.63) is 0 Å². The summed E-state index contributed by atoms with van der Waals surface area (Å²) in [4.78, 5) is 11.5. The van der Waals surface area contributed by atoms with Crippen LogP contribution in [-0.4, -0.2) is 5.78 Å². The third-order valence-corrected chi connectivity index (χ3v) is 4.10. The van der Waals surface area contributed by atoms with Gasteiger partial charge in [0, 0.05) is 5.92 Å². The third-order valence-electron chi connectivity index (χ3n) is 4.10. The lowest BCUT2D eigenvalue weighted by Crippen LogP contribution is -2.34. The van der Waals surface area contributed by atoms with E-state index in [1.807, 2.05) is 0 Å². The van der Waals surface area contributed by atoms with E-state index in [-0.39, 0.29) is 0 Å². The lowest BCUT2D eigenvalue weighted by atomic mass is 9.64. The Labute approximate surface area is 80.9 Å². The van der Waals surface area contributed by atoms with E-state index >= 15 is 0 Å². The van der Waals surface area contributed by atoms with E-state index < -0.39 is 0 Å². The fraction of sp³-hybridized carbons (Fsp3) is 0.917. The van der Waals surface area contributed by atoms with Crippen LogP contribution in [0.25, 0.3) is 0 Å². The van der Waals surface area contributed by atoms with Crippen molar-refractivity contribution in [3.8, 4) is 0 Å². The molecule has 2 aliphatic carbocycles. The molecule has 1 nitrogen and oxygen atoms in total. The normalized spacial score (nSPS) is 39.6. The van der Waals surface area contributed by atoms with Gasteiger partial charge in [0.25, 0.3) is 0 Å². The molecule has 0 aromatic heterocycles. The molecule has 13 heavy (non-hydrogen) atoms. The second kappa shape index (κ2) is 3.81. The van der Waals surface area contributed by atoms with Crippen molar-refractivity contribution in [2.24, 2.45) is 17.8 Å². The number of carbonyl (C=O) groups excluding carboxylic acids is 1. The van der Waals surface area contributed by atoms with E-state index in [2.05, 4.69) is 0 Å². The minimum Gasteiger partial charge on any atom is -0.300 e. The molecule has 0 heterocycles. The molecule has 2 rings (SSSR count). The molecule has 0 N–H and O–H groups in total. The highest BCUT2D eigenvalue weighted by atomic mass is 16.1. The Kier molecular flexibility index (Phi) is 2.71. The maximum Gasteiger partial charge on any atom is 0.133 e. The van der Waals surface area contributed by atoms with E-state index in [1.54, 1.807) is 6.92 Å². The van der Waals surface area contributed by atoms with Gasteiger partial charge in [-0.1, -0.05) is 32.1 Å². The van der Waals surface area contributed by atoms with Crippen molar-refractivity contribution in [1.82, 2.24) is 0 Å². The number of rotatable bonds is 1. The lowest BCUT2D eigenvalue weighted by molar-refractivity contribution is -0.125. The second-order valence-electron chi connectivity index (χ2n) is 4.86. The number of hydrogen-bond acceptors (Lipinski definition) is 1. The molecule has 0 aromatic rings. The topological polar surface area (TPSA) is 17.1 Å². The first kappa shape index (κ1) is 9.23. The molecule has 2 fully saturated rings. The molecule has 0 aromatic carbocycles. The fourth-order valence-electron chi connectivity index (χ4n) is 3.44. The van der Waals surface area contributed by atoms with Gasteiger partial charge in [-0.25, -0.2) is 0 Å². The Morgan fingerprint density at radius 2 is 1.69 bits per heavy atom. The fourth-order valence-corrected chi connectivity index (χ4v) is 3.44. The molecule has 3 atom stereocenters. The average molecular weight is 180 g/mol. The number of fused-ring (bicyclic) bond motifs is 1. The molecule has 0 radical (unpaired) electrons. The number of carbonyl (C=O) groups is 1. The van der Waals surface area contributed by atoms with E-state index in [0.717, 1.165) is 11.8 Å². The van der Waals surface area contributed by atoms with Crippen LogP contribution in [-0.2, 0) is 4.79 Å². The summed E-state index contributed by atoms with van der Waals surface area (Å²) in [6, 6.07) is 0. The zero-order valence-electron chi connectivity index (χ0n) is 8.59. The van der Waals surface area contributed by atoms with Crippen LogP contribution in [0.3, 0.4) is 0 Å². The first-order valence-electron chi connectivity index (χ1n) is 5.79. The van der Waals surface area contributed by atoms with Crippen LogP contribution in [0.4, 0.5) is 0 Å². The molecule has 0 amide bonds. The van der Waals surface area contributed by atoms with Crippen LogP contribution < -0.4 is 0 Å². The van der Waals surface area contributed by atoms with Crippen molar-refractivity contribution in [3.63, 3.8) is 0 Å². The minimum atomic E-state index is 0.430. The predicted molar refractivity (Wildman–Crippen MR) is 53.5 cm³/mol. The van der Waals surface area contributed by atoms with Crippen molar-refractivity contribution in [2.45, 2.75) is 51.9 Å². The number of hydrogen-bond donors (Lipinski definition) is 0. The molecule has 0 saturated heterocycles. The van der Waals surface area contributed by atoms with Crippen LogP contribution in [0.2, 0.25) is 0 Å². The predicted octanol–water partition coefficient (Wildman–Crippen LogP) is 3.18. The minimum absolute atomic E-state index is 0.430. The van der Waals surface area contributed by atoms with Gasteiger partial charge in [-0.3, -0.25) is 4.79 Å². The van der Waals surface area contributed by atoms with Crippen LogP contribution in [0.1, 0.15) is 51.9 Å². The molecule has 1 heteroatoms. The molecule has 74 valence electrons. The Morgan fingerprint density at radius 3 is 2.46 bits per heavy atom. The summed E-state index contributed by atoms with van der Waals surface area (Å²) in [7, 11) is 0. The Balaban J connectivity index is 2.06. The lowest BCUT2D eigenvalue weighted by Gasteiger charge is -2.40. The first-order chi connectivity index (χ1) is 6.29. The van der Waals surface area contributed by atoms with Gasteiger partial charge in [-0.15, -0.1) is 0 Å². The monoisotopic (exact) mass is 180 g/mol. The van der Waals surface area contributed by atoms with Gasteiger partial charge in [0.2, 0.25) is 0 Å². The van der Waals surface area contributed by atoms with Gasteiger partial charge in [-0.05, 0) is 31.6 Å². The van der Waals surface area contributed by atoms with Crippen LogP contribution in [0.15, 0.2) is 0 Å². The van der Waals surface area contributed by atoms with Gasteiger partial charge in [0.05, 0.1) is 0 Å². The van der Waals surface area contributed by atoms with Gasteiger partial charge in [-0.2, -0.15) is 0 Å². The van der Waals surface area contributed by atoms with Crippen molar-refractivity contribution in [2.75, 3.05) is 0 Å². The van der Waals surface area contributed by atoms with Crippen molar-refractivity contribution in [1.29, 1.82) is 0 Å². The van der Waals surface area contributed by atoms with E-state index in [0.29, 0.717) is 11.7 Å². The van der Waals surface area contributed by atoms with E-state index in [9.17, 15) is 4.79 Å². The first-order valence-corrected chi connectivity index (χ1v) is 5.79. The summed E-state index contributed by atoms with van der Waals surface area (Å²) >= 11 is 0. The summed E-state index contributed by atoms with van der Waals surface area (Å²) in [5, 5.41) is 0. The summed E-state index contributed by atoms with van der Waals surface area (Å²) in [6.45, 7) is 1.79. The number of ketones is 1. The summed E-state index contributed by atoms with van der Waals surface area (Å²) in [5.74, 6) is 2.55. The van der Waals surface area contributed by atoms with E-state index in [4.69, 9.17) is 0 Å². The SMILES string of the molecule is CC(=O)[C@@H]1CCCC2CCCCC21. The second-order valence-corrected chi connectivity index (χ2v) is 4.86. The van der Waals surface area contributed by atoms with Gasteiger partial charge in [0.15, 0.2) is 0 Å². The molecular formula is C12H20O. The maximum absolute atomic E-state index is 11.5. The smallest absolute Gasteiger partial charge is 0.133 e. The molecule has 0 bridgehead atoms. The zero-order chi connectivity index (χ0) is 9.26. The Bertz CT molecular complexity index is 195. The van der Waals surface area contributed by atoms with Crippen LogP contribution in [0, 0.1) is 17.8 Å². The average Bonchev–Trinajstić information content (AvgIpc) is 2.17. The number of Topliss-reactive ketones (excluding diaryl/α,β-unsaturated/α-hetero) is 1. The van der Waals surface area contributed by atoms with Gasteiger partial charge < -0.3 is 0 Å². The zero-order valence-corrected chi connectivity index (χ0v) is 8.59. The largest absolute Gasteiger partial charge is 0.300 e. The summed E-state index contributed by atoms with van der Waals surface area (Å²) < 4.78 is 0. The third kappa shape index (κ3) is 1.79. The highest BCUT2D eigenvalue weighted by Gasteiger charge is 2.36. The summed E-state index contributed by atoms with van der Waals surface area (Å²) in [5.41, 5.74) is 0. The van der Waals surface area contributed by atoms with Crippen LogP contribution in [0.5, 0.6) is 0 Å². The van der Waals surface area contributed by atoms with Gasteiger partial charge in [0.1, 0.15) is 5.78 Å². The van der Waals surface area contributed by atoms with Crippen molar-refractivity contribution < 1.29 is 4.79 Å². The Hall–Kier alpha value is -0.330. The van der Waals surface area contributed by atoms with Crippen molar-refractivity contribution >= 4 is 5.78 Å². The van der Waals surface area contributed by atoms with Crippen LogP contribution >= 0.6 is 0 Å².